The molecule has 1 aromatic carbocycles. The molecule has 0 aliphatic carbocycles. The van der Waals surface area contributed by atoms with Crippen molar-refractivity contribution in [3.63, 3.8) is 0 Å². The number of thiophene rings is 1. The Kier molecular flexibility index (Phi) is 12.7. The number of unbranched alkanes of at least 4 members (excludes halogenated alkanes) is 4. The van der Waals surface area contributed by atoms with Crippen molar-refractivity contribution in [1.29, 1.82) is 0 Å². The van der Waals surface area contributed by atoms with E-state index in [4.69, 9.17) is 4.74 Å². The van der Waals surface area contributed by atoms with Crippen LogP contribution in [-0.4, -0.2) is 48.4 Å². The minimum atomic E-state index is -0.0148. The van der Waals surface area contributed by atoms with Crippen LogP contribution in [0, 0.1) is 0 Å². The van der Waals surface area contributed by atoms with Gasteiger partial charge in [0.1, 0.15) is 0 Å². The van der Waals surface area contributed by atoms with Crippen LogP contribution in [-0.2, 0) is 27.4 Å². The third-order valence-corrected chi connectivity index (χ3v) is 6.31. The molecule has 0 spiro atoms. The maximum Gasteiger partial charge on any atom is 0.242 e. The standard InChI is InChI=1S/C26H38N2O3S/c1-3-4-5-6-10-16-25(29)27(17-12-18-31-2)22-26(30)28(21-24-15-11-19-32-24)20-23-13-8-7-9-14-23/h7-9,11,13-15,19H,3-6,10,12,16-18,20-22H2,1-2H3. The largest absolute Gasteiger partial charge is 0.385 e. The molecule has 0 saturated heterocycles. The summed E-state index contributed by atoms with van der Waals surface area (Å²) in [5.41, 5.74) is 1.09. The molecule has 0 atom stereocenters. The zero-order valence-electron chi connectivity index (χ0n) is 19.6. The average Bonchev–Trinajstić information content (AvgIpc) is 3.31. The van der Waals surface area contributed by atoms with Crippen LogP contribution in [0.3, 0.4) is 0 Å². The SMILES string of the molecule is CCCCCCCC(=O)N(CCCOC)CC(=O)N(Cc1ccccc1)Cc1cccs1. The first-order chi connectivity index (χ1) is 15.6. The van der Waals surface area contributed by atoms with Gasteiger partial charge in [-0.3, -0.25) is 9.59 Å². The Labute approximate surface area is 197 Å². The monoisotopic (exact) mass is 458 g/mol. The van der Waals surface area contributed by atoms with E-state index in [9.17, 15) is 9.59 Å². The van der Waals surface area contributed by atoms with E-state index in [1.807, 2.05) is 52.7 Å². The lowest BCUT2D eigenvalue weighted by molar-refractivity contribution is -0.141. The first-order valence-corrected chi connectivity index (χ1v) is 12.6. The van der Waals surface area contributed by atoms with Gasteiger partial charge in [-0.2, -0.15) is 0 Å². The van der Waals surface area contributed by atoms with Crippen LogP contribution in [0.5, 0.6) is 0 Å². The van der Waals surface area contributed by atoms with Gasteiger partial charge in [-0.15, -0.1) is 11.3 Å². The van der Waals surface area contributed by atoms with Crippen molar-refractivity contribution in [2.24, 2.45) is 0 Å². The van der Waals surface area contributed by atoms with Crippen molar-refractivity contribution in [1.82, 2.24) is 9.80 Å². The molecule has 0 aliphatic rings. The lowest BCUT2D eigenvalue weighted by Crippen LogP contribution is -2.43. The van der Waals surface area contributed by atoms with E-state index in [1.54, 1.807) is 23.3 Å². The summed E-state index contributed by atoms with van der Waals surface area (Å²) < 4.78 is 5.17. The van der Waals surface area contributed by atoms with Gasteiger partial charge in [-0.1, -0.05) is 69.0 Å². The summed E-state index contributed by atoms with van der Waals surface area (Å²) in [6.45, 7) is 4.53. The molecule has 32 heavy (non-hydrogen) atoms. The van der Waals surface area contributed by atoms with Crippen molar-refractivity contribution in [2.45, 2.75) is 65.0 Å². The van der Waals surface area contributed by atoms with E-state index in [0.717, 1.165) is 36.1 Å². The Balaban J connectivity index is 2.02. The van der Waals surface area contributed by atoms with E-state index >= 15 is 0 Å². The molecular formula is C26H38N2O3S. The van der Waals surface area contributed by atoms with E-state index in [0.29, 0.717) is 32.7 Å². The Morgan fingerprint density at radius 2 is 1.66 bits per heavy atom. The van der Waals surface area contributed by atoms with Gasteiger partial charge in [0.15, 0.2) is 0 Å². The van der Waals surface area contributed by atoms with Gasteiger partial charge in [0.2, 0.25) is 11.8 Å². The molecule has 2 rings (SSSR count). The molecule has 6 heteroatoms. The van der Waals surface area contributed by atoms with Crippen molar-refractivity contribution in [3.8, 4) is 0 Å². The smallest absolute Gasteiger partial charge is 0.242 e. The number of hydrogen-bond donors (Lipinski definition) is 0. The number of carbonyl (C=O) groups is 2. The van der Waals surface area contributed by atoms with Crippen LogP contribution in [0.25, 0.3) is 0 Å². The molecule has 176 valence electrons. The topological polar surface area (TPSA) is 49.9 Å². The number of hydrogen-bond acceptors (Lipinski definition) is 4. The van der Waals surface area contributed by atoms with Crippen LogP contribution < -0.4 is 0 Å². The van der Waals surface area contributed by atoms with Gasteiger partial charge in [0.25, 0.3) is 0 Å². The van der Waals surface area contributed by atoms with Gasteiger partial charge in [0, 0.05) is 38.1 Å². The summed E-state index contributed by atoms with van der Waals surface area (Å²) in [6, 6.07) is 14.1. The molecule has 0 N–H and O–H groups in total. The highest BCUT2D eigenvalue weighted by atomic mass is 32.1. The first kappa shape index (κ1) is 26.1. The number of amides is 2. The van der Waals surface area contributed by atoms with Crippen LogP contribution in [0.15, 0.2) is 47.8 Å². The Morgan fingerprint density at radius 1 is 0.875 bits per heavy atom. The number of nitrogens with zero attached hydrogens (tertiary/aromatic N) is 2. The molecule has 0 unspecified atom stereocenters. The Morgan fingerprint density at radius 3 is 2.34 bits per heavy atom. The zero-order valence-corrected chi connectivity index (χ0v) is 20.4. The highest BCUT2D eigenvalue weighted by molar-refractivity contribution is 7.09. The van der Waals surface area contributed by atoms with Crippen molar-refractivity contribution >= 4 is 23.2 Å². The number of benzene rings is 1. The minimum Gasteiger partial charge on any atom is -0.385 e. The van der Waals surface area contributed by atoms with Gasteiger partial charge in [-0.25, -0.2) is 0 Å². The summed E-state index contributed by atoms with van der Waals surface area (Å²) in [7, 11) is 1.66. The minimum absolute atomic E-state index is 0.0148. The molecular weight excluding hydrogens is 420 g/mol. The molecule has 2 amide bonds. The third-order valence-electron chi connectivity index (χ3n) is 5.45. The summed E-state index contributed by atoms with van der Waals surface area (Å²) in [6.07, 6.45) is 6.75. The predicted octanol–water partition coefficient (Wildman–Crippen LogP) is 5.50. The zero-order chi connectivity index (χ0) is 23.0. The third kappa shape index (κ3) is 9.96. The molecule has 5 nitrogen and oxygen atoms in total. The van der Waals surface area contributed by atoms with Crippen LogP contribution in [0.2, 0.25) is 0 Å². The molecule has 1 heterocycles. The molecule has 0 bridgehead atoms. The van der Waals surface area contributed by atoms with Crippen molar-refractivity contribution in [2.75, 3.05) is 26.8 Å². The molecule has 0 aliphatic heterocycles. The Hall–Kier alpha value is -2.18. The quantitative estimate of drug-likeness (QED) is 0.312. The lowest BCUT2D eigenvalue weighted by atomic mass is 10.1. The van der Waals surface area contributed by atoms with E-state index in [-0.39, 0.29) is 18.4 Å². The first-order valence-electron chi connectivity index (χ1n) is 11.7. The maximum atomic E-state index is 13.3. The summed E-state index contributed by atoms with van der Waals surface area (Å²) in [4.78, 5) is 31.0. The Bertz CT molecular complexity index is 765. The number of methoxy groups -OCH3 is 1. The van der Waals surface area contributed by atoms with Gasteiger partial charge < -0.3 is 14.5 Å². The fourth-order valence-corrected chi connectivity index (χ4v) is 4.34. The molecule has 1 aromatic heterocycles. The molecule has 0 radical (unpaired) electrons. The molecule has 2 aromatic rings. The van der Waals surface area contributed by atoms with E-state index in [1.165, 1.54) is 12.8 Å². The second-order valence-electron chi connectivity index (χ2n) is 8.14. The number of rotatable bonds is 16. The maximum absolute atomic E-state index is 13.3. The fourth-order valence-electron chi connectivity index (χ4n) is 3.62. The second kappa shape index (κ2) is 15.6. The second-order valence-corrected chi connectivity index (χ2v) is 9.17. The lowest BCUT2D eigenvalue weighted by Gasteiger charge is -2.28. The van der Waals surface area contributed by atoms with Crippen LogP contribution in [0.4, 0.5) is 0 Å². The highest BCUT2D eigenvalue weighted by Gasteiger charge is 2.21. The molecule has 0 fully saturated rings. The normalized spacial score (nSPS) is 10.8. The van der Waals surface area contributed by atoms with E-state index < -0.39 is 0 Å². The van der Waals surface area contributed by atoms with Gasteiger partial charge >= 0.3 is 0 Å². The highest BCUT2D eigenvalue weighted by Crippen LogP contribution is 2.16. The fraction of sp³-hybridized carbons (Fsp3) is 0.538. The van der Waals surface area contributed by atoms with Gasteiger partial charge in [-0.05, 0) is 29.9 Å². The van der Waals surface area contributed by atoms with Gasteiger partial charge in [0.05, 0.1) is 13.1 Å². The van der Waals surface area contributed by atoms with Crippen LogP contribution >= 0.6 is 11.3 Å². The number of carbonyl (C=O) groups excluding carboxylic acids is 2. The van der Waals surface area contributed by atoms with Crippen molar-refractivity contribution in [3.05, 3.63) is 58.3 Å². The van der Waals surface area contributed by atoms with Crippen LogP contribution in [0.1, 0.15) is 62.3 Å². The number of ether oxygens (including phenoxy) is 1. The summed E-state index contributed by atoms with van der Waals surface area (Å²) in [5, 5.41) is 2.03. The van der Waals surface area contributed by atoms with E-state index in [2.05, 4.69) is 6.92 Å². The summed E-state index contributed by atoms with van der Waals surface area (Å²) in [5.74, 6) is 0.0562. The average molecular weight is 459 g/mol. The predicted molar refractivity (Wildman–Crippen MR) is 131 cm³/mol. The summed E-state index contributed by atoms with van der Waals surface area (Å²) >= 11 is 1.65. The van der Waals surface area contributed by atoms with Crippen molar-refractivity contribution < 1.29 is 14.3 Å². The molecule has 0 saturated carbocycles.